The second kappa shape index (κ2) is 4.88. The van der Waals surface area contributed by atoms with E-state index in [1.54, 1.807) is 6.92 Å². The van der Waals surface area contributed by atoms with Crippen molar-refractivity contribution in [3.63, 3.8) is 0 Å². The Kier molecular flexibility index (Phi) is 3.48. The first-order chi connectivity index (χ1) is 8.11. The van der Waals surface area contributed by atoms with Crippen LogP contribution in [0, 0.1) is 0 Å². The van der Waals surface area contributed by atoms with Crippen LogP contribution >= 0.6 is 0 Å². The first kappa shape index (κ1) is 12.1. The zero-order chi connectivity index (χ0) is 12.4. The van der Waals surface area contributed by atoms with E-state index in [-0.39, 0.29) is 5.91 Å². The molecule has 3 heteroatoms. The molecule has 1 atom stereocenters. The van der Waals surface area contributed by atoms with Crippen LogP contribution in [-0.4, -0.2) is 15.9 Å². The Labute approximate surface area is 102 Å². The lowest BCUT2D eigenvalue weighted by Gasteiger charge is -2.14. The van der Waals surface area contributed by atoms with Crippen LogP contribution in [0.2, 0.25) is 0 Å². The van der Waals surface area contributed by atoms with Gasteiger partial charge in [0.2, 0.25) is 5.91 Å². The summed E-state index contributed by atoms with van der Waals surface area (Å²) in [4.78, 5) is 13.7. The molecule has 1 aliphatic heterocycles. The number of nitrogens with zero attached hydrogens (tertiary/aromatic N) is 1. The largest absolute Gasteiger partial charge is 0.389 e. The molecular weight excluding hydrogens is 214 g/mol. The van der Waals surface area contributed by atoms with Gasteiger partial charge >= 0.3 is 0 Å². The second-order valence-electron chi connectivity index (χ2n) is 4.70. The van der Waals surface area contributed by atoms with Crippen molar-refractivity contribution in [1.29, 1.82) is 0 Å². The van der Waals surface area contributed by atoms with Gasteiger partial charge in [-0.1, -0.05) is 25.1 Å². The van der Waals surface area contributed by atoms with Gasteiger partial charge in [-0.2, -0.15) is 0 Å². The Balaban J connectivity index is 2.14. The standard InChI is InChI=1S/C14H19NO2/c1-3-4-14(17)15-8-12-6-5-11(10(2)16)7-13(12)9-15/h5-7,10,16H,3-4,8-9H2,1-2H3. The quantitative estimate of drug-likeness (QED) is 0.870. The van der Waals surface area contributed by atoms with Gasteiger partial charge in [-0.05, 0) is 30.0 Å². The van der Waals surface area contributed by atoms with Crippen LogP contribution in [0.15, 0.2) is 18.2 Å². The Morgan fingerprint density at radius 2 is 2.12 bits per heavy atom. The second-order valence-corrected chi connectivity index (χ2v) is 4.70. The number of carbonyl (C=O) groups is 1. The number of amides is 1. The van der Waals surface area contributed by atoms with Gasteiger partial charge in [0.15, 0.2) is 0 Å². The summed E-state index contributed by atoms with van der Waals surface area (Å²) in [5.74, 6) is 0.224. The highest BCUT2D eigenvalue weighted by molar-refractivity contribution is 5.76. The molecule has 17 heavy (non-hydrogen) atoms. The SMILES string of the molecule is CCCC(=O)N1Cc2ccc(C(C)O)cc2C1. The molecule has 1 heterocycles. The number of hydrogen-bond acceptors (Lipinski definition) is 2. The zero-order valence-corrected chi connectivity index (χ0v) is 10.4. The molecule has 0 saturated heterocycles. The summed E-state index contributed by atoms with van der Waals surface area (Å²) in [7, 11) is 0. The molecule has 0 aromatic heterocycles. The highest BCUT2D eigenvalue weighted by Crippen LogP contribution is 2.26. The first-order valence-electron chi connectivity index (χ1n) is 6.19. The van der Waals surface area contributed by atoms with E-state index in [1.807, 2.05) is 30.0 Å². The molecule has 0 fully saturated rings. The highest BCUT2D eigenvalue weighted by atomic mass is 16.3. The Hall–Kier alpha value is -1.35. The van der Waals surface area contributed by atoms with Gasteiger partial charge < -0.3 is 10.0 Å². The van der Waals surface area contributed by atoms with Gasteiger partial charge in [0.05, 0.1) is 6.10 Å². The highest BCUT2D eigenvalue weighted by Gasteiger charge is 2.22. The molecule has 0 aliphatic carbocycles. The average Bonchev–Trinajstić information content (AvgIpc) is 2.71. The fourth-order valence-electron chi connectivity index (χ4n) is 2.22. The first-order valence-corrected chi connectivity index (χ1v) is 6.19. The van der Waals surface area contributed by atoms with E-state index in [2.05, 4.69) is 0 Å². The van der Waals surface area contributed by atoms with Crippen molar-refractivity contribution in [3.05, 3.63) is 34.9 Å². The smallest absolute Gasteiger partial charge is 0.223 e. The lowest BCUT2D eigenvalue weighted by atomic mass is 10.0. The van der Waals surface area contributed by atoms with E-state index in [0.29, 0.717) is 19.5 Å². The third-order valence-corrected chi connectivity index (χ3v) is 3.25. The number of carbonyl (C=O) groups excluding carboxylic acids is 1. The molecule has 92 valence electrons. The number of rotatable bonds is 3. The minimum absolute atomic E-state index is 0.224. The van der Waals surface area contributed by atoms with Crippen molar-refractivity contribution < 1.29 is 9.90 Å². The number of benzene rings is 1. The van der Waals surface area contributed by atoms with Crippen LogP contribution in [0.5, 0.6) is 0 Å². The molecule has 1 aromatic carbocycles. The summed E-state index contributed by atoms with van der Waals surface area (Å²) in [6.07, 6.45) is 1.07. The van der Waals surface area contributed by atoms with Crippen LogP contribution in [0.3, 0.4) is 0 Å². The minimum atomic E-state index is -0.444. The third-order valence-electron chi connectivity index (χ3n) is 3.25. The molecule has 1 unspecified atom stereocenters. The Morgan fingerprint density at radius 3 is 2.76 bits per heavy atom. The Morgan fingerprint density at radius 1 is 1.41 bits per heavy atom. The molecular formula is C14H19NO2. The van der Waals surface area contributed by atoms with Crippen LogP contribution in [0.4, 0.5) is 0 Å². The molecule has 2 rings (SSSR count). The normalized spacial score (nSPS) is 15.8. The molecule has 0 spiro atoms. The zero-order valence-electron chi connectivity index (χ0n) is 10.4. The van der Waals surface area contributed by atoms with Crippen molar-refractivity contribution in [2.75, 3.05) is 0 Å². The van der Waals surface area contributed by atoms with Crippen molar-refractivity contribution in [3.8, 4) is 0 Å². The Bertz CT molecular complexity index is 426. The molecule has 0 radical (unpaired) electrons. The predicted octanol–water partition coefficient (Wildman–Crippen LogP) is 2.38. The number of hydrogen-bond donors (Lipinski definition) is 1. The monoisotopic (exact) mass is 233 g/mol. The van der Waals surface area contributed by atoms with Crippen LogP contribution in [0.25, 0.3) is 0 Å². The summed E-state index contributed by atoms with van der Waals surface area (Å²) in [6, 6.07) is 5.98. The van der Waals surface area contributed by atoms with Crippen LogP contribution in [-0.2, 0) is 17.9 Å². The van der Waals surface area contributed by atoms with E-state index in [0.717, 1.165) is 12.0 Å². The summed E-state index contributed by atoms with van der Waals surface area (Å²) < 4.78 is 0. The third kappa shape index (κ3) is 2.50. The predicted molar refractivity (Wildman–Crippen MR) is 66.2 cm³/mol. The lowest BCUT2D eigenvalue weighted by Crippen LogP contribution is -2.24. The molecule has 1 aromatic rings. The van der Waals surface area contributed by atoms with Gasteiger partial charge in [0, 0.05) is 19.5 Å². The van der Waals surface area contributed by atoms with Crippen molar-refractivity contribution in [1.82, 2.24) is 4.90 Å². The van der Waals surface area contributed by atoms with E-state index >= 15 is 0 Å². The summed E-state index contributed by atoms with van der Waals surface area (Å²) >= 11 is 0. The maximum Gasteiger partial charge on any atom is 0.223 e. The van der Waals surface area contributed by atoms with E-state index in [1.165, 1.54) is 11.1 Å². The topological polar surface area (TPSA) is 40.5 Å². The van der Waals surface area contributed by atoms with E-state index in [4.69, 9.17) is 0 Å². The number of aliphatic hydroxyl groups is 1. The fraction of sp³-hybridized carbons (Fsp3) is 0.500. The van der Waals surface area contributed by atoms with Gasteiger partial charge in [0.25, 0.3) is 0 Å². The summed E-state index contributed by atoms with van der Waals surface area (Å²) in [5.41, 5.74) is 3.31. The van der Waals surface area contributed by atoms with Crippen LogP contribution in [0.1, 0.15) is 49.5 Å². The molecule has 0 bridgehead atoms. The minimum Gasteiger partial charge on any atom is -0.389 e. The fourth-order valence-corrected chi connectivity index (χ4v) is 2.22. The van der Waals surface area contributed by atoms with Gasteiger partial charge in [0.1, 0.15) is 0 Å². The van der Waals surface area contributed by atoms with Gasteiger partial charge in [-0.25, -0.2) is 0 Å². The lowest BCUT2D eigenvalue weighted by molar-refractivity contribution is -0.131. The number of aliphatic hydroxyl groups excluding tert-OH is 1. The van der Waals surface area contributed by atoms with E-state index < -0.39 is 6.10 Å². The average molecular weight is 233 g/mol. The molecule has 0 saturated carbocycles. The molecule has 1 amide bonds. The number of fused-ring (bicyclic) bond motifs is 1. The van der Waals surface area contributed by atoms with Crippen molar-refractivity contribution in [2.45, 2.75) is 45.9 Å². The van der Waals surface area contributed by atoms with Crippen molar-refractivity contribution >= 4 is 5.91 Å². The van der Waals surface area contributed by atoms with Gasteiger partial charge in [-0.15, -0.1) is 0 Å². The summed E-state index contributed by atoms with van der Waals surface area (Å²) in [5, 5.41) is 9.53. The molecule has 1 N–H and O–H groups in total. The maximum absolute atomic E-state index is 11.8. The molecule has 3 nitrogen and oxygen atoms in total. The molecule has 1 aliphatic rings. The van der Waals surface area contributed by atoms with Crippen molar-refractivity contribution in [2.24, 2.45) is 0 Å². The van der Waals surface area contributed by atoms with Crippen LogP contribution < -0.4 is 0 Å². The van der Waals surface area contributed by atoms with E-state index in [9.17, 15) is 9.90 Å². The van der Waals surface area contributed by atoms with Gasteiger partial charge in [-0.3, -0.25) is 4.79 Å². The maximum atomic E-state index is 11.8. The summed E-state index contributed by atoms with van der Waals surface area (Å²) in [6.45, 7) is 5.19.